The largest absolute Gasteiger partial charge is 0.409 e. The van der Waals surface area contributed by atoms with Crippen molar-refractivity contribution in [1.29, 1.82) is 0 Å². The third-order valence-electron chi connectivity index (χ3n) is 2.04. The number of hydrogen-bond acceptors (Lipinski definition) is 5. The summed E-state index contributed by atoms with van der Waals surface area (Å²) in [6.45, 7) is 0.610. The molecule has 0 rings (SSSR count). The second-order valence-corrected chi connectivity index (χ2v) is 5.52. The van der Waals surface area contributed by atoms with Crippen molar-refractivity contribution in [1.82, 2.24) is 4.31 Å². The second kappa shape index (κ2) is 7.42. The van der Waals surface area contributed by atoms with Crippen LogP contribution in [0.3, 0.4) is 0 Å². The normalized spacial score (nSPS) is 13.3. The fourth-order valence-corrected chi connectivity index (χ4v) is 2.17. The molecule has 0 aliphatic heterocycles. The van der Waals surface area contributed by atoms with Gasteiger partial charge in [-0.1, -0.05) is 5.16 Å². The Hall–Kier alpha value is -0.860. The molecule has 7 nitrogen and oxygen atoms in total. The predicted molar refractivity (Wildman–Crippen MR) is 60.9 cm³/mol. The molecule has 0 spiro atoms. The van der Waals surface area contributed by atoms with Crippen molar-refractivity contribution in [3.8, 4) is 0 Å². The number of nitrogens with two attached hydrogens (primary N) is 1. The molecular formula is C8H19N3O4S. The van der Waals surface area contributed by atoms with E-state index in [1.807, 2.05) is 0 Å². The number of methoxy groups -OCH3 is 1. The average Bonchev–Trinajstić information content (AvgIpc) is 2.25. The topological polar surface area (TPSA) is 105 Å². The van der Waals surface area contributed by atoms with Gasteiger partial charge in [-0.05, 0) is 6.42 Å². The van der Waals surface area contributed by atoms with Crippen LogP contribution in [0.25, 0.3) is 0 Å². The van der Waals surface area contributed by atoms with Crippen molar-refractivity contribution in [2.45, 2.75) is 12.8 Å². The molecule has 0 aromatic rings. The van der Waals surface area contributed by atoms with E-state index in [1.54, 1.807) is 0 Å². The Morgan fingerprint density at radius 2 is 2.19 bits per heavy atom. The SMILES string of the molecule is COCCCS(=O)(=O)N(C)CCC(N)=NO. The van der Waals surface area contributed by atoms with Crippen LogP contribution in [0, 0.1) is 0 Å². The van der Waals surface area contributed by atoms with Crippen molar-refractivity contribution in [3.05, 3.63) is 0 Å². The summed E-state index contributed by atoms with van der Waals surface area (Å²) in [6.07, 6.45) is 0.656. The highest BCUT2D eigenvalue weighted by Crippen LogP contribution is 2.01. The van der Waals surface area contributed by atoms with Crippen molar-refractivity contribution >= 4 is 15.9 Å². The lowest BCUT2D eigenvalue weighted by molar-refractivity contribution is 0.199. The number of nitrogens with zero attached hydrogens (tertiary/aromatic N) is 2. The Morgan fingerprint density at radius 3 is 2.69 bits per heavy atom. The van der Waals surface area contributed by atoms with Crippen LogP contribution < -0.4 is 5.73 Å². The lowest BCUT2D eigenvalue weighted by atomic mass is 10.4. The number of ether oxygens (including phenoxy) is 1. The Balaban J connectivity index is 4.09. The van der Waals surface area contributed by atoms with Gasteiger partial charge in [0.05, 0.1) is 5.75 Å². The van der Waals surface area contributed by atoms with Crippen LogP contribution in [-0.2, 0) is 14.8 Å². The fraction of sp³-hybridized carbons (Fsp3) is 0.875. The molecule has 0 heterocycles. The first-order valence-corrected chi connectivity index (χ1v) is 6.44. The van der Waals surface area contributed by atoms with Crippen LogP contribution >= 0.6 is 0 Å². The predicted octanol–water partition coefficient (Wildman–Crippen LogP) is -0.579. The van der Waals surface area contributed by atoms with Crippen LogP contribution in [0.15, 0.2) is 5.16 Å². The second-order valence-electron chi connectivity index (χ2n) is 3.33. The summed E-state index contributed by atoms with van der Waals surface area (Å²) in [5.74, 6) is 0.0481. The first kappa shape index (κ1) is 15.1. The van der Waals surface area contributed by atoms with Gasteiger partial charge in [-0.2, -0.15) is 0 Å². The van der Waals surface area contributed by atoms with E-state index in [0.717, 1.165) is 0 Å². The molecule has 0 aromatic heterocycles. The van der Waals surface area contributed by atoms with E-state index in [-0.39, 0.29) is 24.6 Å². The van der Waals surface area contributed by atoms with Crippen molar-refractivity contribution < 1.29 is 18.4 Å². The van der Waals surface area contributed by atoms with E-state index in [0.29, 0.717) is 13.0 Å². The lowest BCUT2D eigenvalue weighted by Crippen LogP contribution is -2.32. The smallest absolute Gasteiger partial charge is 0.213 e. The van der Waals surface area contributed by atoms with E-state index in [4.69, 9.17) is 15.7 Å². The molecule has 0 bridgehead atoms. The third-order valence-corrected chi connectivity index (χ3v) is 3.97. The fourth-order valence-electron chi connectivity index (χ4n) is 1.00. The van der Waals surface area contributed by atoms with Crippen LogP contribution in [0.1, 0.15) is 12.8 Å². The van der Waals surface area contributed by atoms with Gasteiger partial charge in [0.1, 0.15) is 5.84 Å². The summed E-state index contributed by atoms with van der Waals surface area (Å²) in [5.41, 5.74) is 5.24. The average molecular weight is 253 g/mol. The van der Waals surface area contributed by atoms with Crippen LogP contribution in [-0.4, -0.2) is 56.8 Å². The van der Waals surface area contributed by atoms with Gasteiger partial charge >= 0.3 is 0 Å². The van der Waals surface area contributed by atoms with Gasteiger partial charge in [0.2, 0.25) is 10.0 Å². The highest BCUT2D eigenvalue weighted by molar-refractivity contribution is 7.89. The number of sulfonamides is 1. The van der Waals surface area contributed by atoms with Gasteiger partial charge < -0.3 is 15.7 Å². The summed E-state index contributed by atoms with van der Waals surface area (Å²) in [6, 6.07) is 0. The van der Waals surface area contributed by atoms with Gasteiger partial charge in [-0.15, -0.1) is 0 Å². The molecular weight excluding hydrogens is 234 g/mol. The third kappa shape index (κ3) is 5.89. The van der Waals surface area contributed by atoms with E-state index in [2.05, 4.69) is 5.16 Å². The highest BCUT2D eigenvalue weighted by atomic mass is 32.2. The molecule has 0 aliphatic carbocycles. The maximum Gasteiger partial charge on any atom is 0.213 e. The molecule has 16 heavy (non-hydrogen) atoms. The highest BCUT2D eigenvalue weighted by Gasteiger charge is 2.17. The molecule has 0 unspecified atom stereocenters. The molecule has 0 saturated heterocycles. The van der Waals surface area contributed by atoms with Crippen molar-refractivity contribution in [3.63, 3.8) is 0 Å². The Labute approximate surface area is 95.9 Å². The Morgan fingerprint density at radius 1 is 1.56 bits per heavy atom. The van der Waals surface area contributed by atoms with Crippen LogP contribution in [0.4, 0.5) is 0 Å². The van der Waals surface area contributed by atoms with E-state index in [9.17, 15) is 8.42 Å². The van der Waals surface area contributed by atoms with E-state index >= 15 is 0 Å². The zero-order valence-electron chi connectivity index (χ0n) is 9.59. The first-order chi connectivity index (χ1) is 7.44. The van der Waals surface area contributed by atoms with E-state index in [1.165, 1.54) is 18.5 Å². The molecule has 0 aliphatic rings. The van der Waals surface area contributed by atoms with Gasteiger partial charge in [-0.25, -0.2) is 12.7 Å². The van der Waals surface area contributed by atoms with Gasteiger partial charge in [-0.3, -0.25) is 0 Å². The monoisotopic (exact) mass is 253 g/mol. The molecule has 0 atom stereocenters. The van der Waals surface area contributed by atoms with Crippen LogP contribution in [0.2, 0.25) is 0 Å². The minimum atomic E-state index is -3.28. The summed E-state index contributed by atoms with van der Waals surface area (Å²) in [5, 5.41) is 11.1. The Kier molecular flexibility index (Phi) is 7.02. The van der Waals surface area contributed by atoms with Crippen molar-refractivity contribution in [2.24, 2.45) is 10.9 Å². The van der Waals surface area contributed by atoms with E-state index < -0.39 is 10.0 Å². The van der Waals surface area contributed by atoms with Gasteiger partial charge in [0, 0.05) is 33.7 Å². The zero-order valence-corrected chi connectivity index (χ0v) is 10.4. The van der Waals surface area contributed by atoms with Gasteiger partial charge in [0.15, 0.2) is 0 Å². The first-order valence-electron chi connectivity index (χ1n) is 4.83. The quantitative estimate of drug-likeness (QED) is 0.198. The molecule has 96 valence electrons. The molecule has 8 heteroatoms. The molecule has 0 radical (unpaired) electrons. The van der Waals surface area contributed by atoms with Crippen molar-refractivity contribution in [2.75, 3.05) is 33.1 Å². The molecule has 3 N–H and O–H groups in total. The van der Waals surface area contributed by atoms with Crippen LogP contribution in [0.5, 0.6) is 0 Å². The summed E-state index contributed by atoms with van der Waals surface area (Å²) in [4.78, 5) is 0. The summed E-state index contributed by atoms with van der Waals surface area (Å²) < 4.78 is 29.2. The Bertz CT molecular complexity index is 315. The number of rotatable bonds is 8. The number of hydrogen-bond donors (Lipinski definition) is 2. The molecule has 0 fully saturated rings. The lowest BCUT2D eigenvalue weighted by Gasteiger charge is -2.16. The minimum Gasteiger partial charge on any atom is -0.409 e. The number of oxime groups is 1. The summed E-state index contributed by atoms with van der Waals surface area (Å²) >= 11 is 0. The summed E-state index contributed by atoms with van der Waals surface area (Å²) in [7, 11) is -0.288. The maximum absolute atomic E-state index is 11.6. The molecule has 0 saturated carbocycles. The van der Waals surface area contributed by atoms with Gasteiger partial charge in [0.25, 0.3) is 0 Å². The standard InChI is InChI=1S/C8H19N3O4S/c1-11(5-4-8(9)10-12)16(13,14)7-3-6-15-2/h12H,3-7H2,1-2H3,(H2,9,10). The molecule has 0 amide bonds. The molecule has 0 aromatic carbocycles. The zero-order chi connectivity index (χ0) is 12.6. The minimum absolute atomic E-state index is 0.0129. The maximum atomic E-state index is 11.6. The number of amidine groups is 1.